The SMILES string of the molecule is CC1CC(Nc2nc(N)nc3sccc23)CCO1. The minimum absolute atomic E-state index is 0.299. The minimum Gasteiger partial charge on any atom is -0.378 e. The van der Waals surface area contributed by atoms with Crippen LogP contribution in [0.1, 0.15) is 19.8 Å². The molecular weight excluding hydrogens is 248 g/mol. The first-order chi connectivity index (χ1) is 8.72. The molecule has 1 saturated heterocycles. The van der Waals surface area contributed by atoms with Crippen LogP contribution in [0.2, 0.25) is 0 Å². The molecule has 0 spiro atoms. The third kappa shape index (κ3) is 2.26. The molecule has 0 aliphatic carbocycles. The van der Waals surface area contributed by atoms with Crippen LogP contribution in [0.15, 0.2) is 11.4 Å². The molecule has 3 heterocycles. The summed E-state index contributed by atoms with van der Waals surface area (Å²) >= 11 is 1.58. The third-order valence-corrected chi connectivity index (χ3v) is 3.97. The molecule has 2 aromatic heterocycles. The summed E-state index contributed by atoms with van der Waals surface area (Å²) in [5.74, 6) is 1.17. The standard InChI is InChI=1S/C12H16N4OS/c1-7-6-8(2-4-17-7)14-10-9-3-5-18-11(9)16-12(13)15-10/h3,5,7-8H,2,4,6H2,1H3,(H3,13,14,15,16). The van der Waals surface area contributed by atoms with E-state index < -0.39 is 0 Å². The van der Waals surface area contributed by atoms with Crippen LogP contribution in [-0.4, -0.2) is 28.7 Å². The van der Waals surface area contributed by atoms with Crippen molar-refractivity contribution in [2.24, 2.45) is 0 Å². The second-order valence-electron chi connectivity index (χ2n) is 4.62. The highest BCUT2D eigenvalue weighted by molar-refractivity contribution is 7.16. The van der Waals surface area contributed by atoms with E-state index in [1.807, 2.05) is 11.4 Å². The third-order valence-electron chi connectivity index (χ3n) is 3.17. The van der Waals surface area contributed by atoms with Crippen LogP contribution in [0.3, 0.4) is 0 Å². The average Bonchev–Trinajstić information content (AvgIpc) is 2.77. The molecule has 0 amide bonds. The number of nitrogens with zero attached hydrogens (tertiary/aromatic N) is 2. The largest absolute Gasteiger partial charge is 0.378 e. The molecule has 1 fully saturated rings. The van der Waals surface area contributed by atoms with Gasteiger partial charge in [0, 0.05) is 12.6 Å². The number of nitrogens with one attached hydrogen (secondary N) is 1. The van der Waals surface area contributed by atoms with Crippen molar-refractivity contribution < 1.29 is 4.74 Å². The van der Waals surface area contributed by atoms with E-state index in [1.54, 1.807) is 11.3 Å². The van der Waals surface area contributed by atoms with E-state index >= 15 is 0 Å². The summed E-state index contributed by atoms with van der Waals surface area (Å²) in [6.45, 7) is 2.90. The molecule has 0 bridgehead atoms. The Balaban J connectivity index is 1.87. The van der Waals surface area contributed by atoms with Gasteiger partial charge in [0.05, 0.1) is 11.5 Å². The average molecular weight is 264 g/mol. The monoisotopic (exact) mass is 264 g/mol. The van der Waals surface area contributed by atoms with E-state index in [2.05, 4.69) is 22.2 Å². The molecule has 1 aliphatic heterocycles. The maximum atomic E-state index is 5.74. The predicted octanol–water partition coefficient (Wildman–Crippen LogP) is 2.25. The summed E-state index contributed by atoms with van der Waals surface area (Å²) in [4.78, 5) is 9.47. The van der Waals surface area contributed by atoms with Crippen molar-refractivity contribution in [2.45, 2.75) is 31.9 Å². The van der Waals surface area contributed by atoms with Gasteiger partial charge < -0.3 is 15.8 Å². The first kappa shape index (κ1) is 11.7. The molecule has 1 aliphatic rings. The van der Waals surface area contributed by atoms with Gasteiger partial charge in [-0.25, -0.2) is 4.98 Å². The van der Waals surface area contributed by atoms with Gasteiger partial charge in [-0.2, -0.15) is 4.98 Å². The lowest BCUT2D eigenvalue weighted by Crippen LogP contribution is -2.32. The lowest BCUT2D eigenvalue weighted by molar-refractivity contribution is 0.0232. The number of hydrogen-bond acceptors (Lipinski definition) is 6. The van der Waals surface area contributed by atoms with Crippen LogP contribution in [0.5, 0.6) is 0 Å². The fourth-order valence-corrected chi connectivity index (χ4v) is 3.08. The maximum absolute atomic E-state index is 5.74. The first-order valence-electron chi connectivity index (χ1n) is 6.11. The van der Waals surface area contributed by atoms with Crippen molar-refractivity contribution >= 4 is 33.3 Å². The molecule has 0 saturated carbocycles. The number of ether oxygens (including phenoxy) is 1. The van der Waals surface area contributed by atoms with E-state index in [1.165, 1.54) is 0 Å². The second-order valence-corrected chi connectivity index (χ2v) is 5.51. The van der Waals surface area contributed by atoms with Crippen LogP contribution in [-0.2, 0) is 4.74 Å². The Bertz CT molecular complexity index is 556. The number of nitrogen functional groups attached to an aromatic ring is 1. The van der Waals surface area contributed by atoms with Gasteiger partial charge in [-0.1, -0.05) is 0 Å². The zero-order valence-electron chi connectivity index (χ0n) is 10.2. The Hall–Kier alpha value is -1.40. The Kier molecular flexibility index (Phi) is 3.05. The number of aromatic nitrogens is 2. The van der Waals surface area contributed by atoms with Crippen LogP contribution >= 0.6 is 11.3 Å². The van der Waals surface area contributed by atoms with Gasteiger partial charge in [0.1, 0.15) is 10.6 Å². The quantitative estimate of drug-likeness (QED) is 0.870. The number of thiophene rings is 1. The topological polar surface area (TPSA) is 73.1 Å². The smallest absolute Gasteiger partial charge is 0.223 e. The zero-order valence-corrected chi connectivity index (χ0v) is 11.0. The zero-order chi connectivity index (χ0) is 12.5. The highest BCUT2D eigenvalue weighted by Crippen LogP contribution is 2.27. The summed E-state index contributed by atoms with van der Waals surface area (Å²) < 4.78 is 5.55. The second kappa shape index (κ2) is 4.70. The lowest BCUT2D eigenvalue weighted by Gasteiger charge is -2.28. The fraction of sp³-hybridized carbons (Fsp3) is 0.500. The number of fused-ring (bicyclic) bond motifs is 1. The van der Waals surface area contributed by atoms with Gasteiger partial charge in [-0.15, -0.1) is 11.3 Å². The molecule has 18 heavy (non-hydrogen) atoms. The Labute approximate surface area is 109 Å². The van der Waals surface area contributed by atoms with Crippen molar-refractivity contribution in [3.8, 4) is 0 Å². The first-order valence-corrected chi connectivity index (χ1v) is 6.99. The van der Waals surface area contributed by atoms with Gasteiger partial charge in [0.2, 0.25) is 5.95 Å². The normalized spacial score (nSPS) is 24.3. The predicted molar refractivity (Wildman–Crippen MR) is 73.9 cm³/mol. The van der Waals surface area contributed by atoms with Crippen molar-refractivity contribution in [3.05, 3.63) is 11.4 Å². The molecule has 6 heteroatoms. The highest BCUT2D eigenvalue weighted by atomic mass is 32.1. The Morgan fingerprint density at radius 3 is 3.22 bits per heavy atom. The molecule has 2 unspecified atom stereocenters. The van der Waals surface area contributed by atoms with Crippen LogP contribution in [0, 0.1) is 0 Å². The maximum Gasteiger partial charge on any atom is 0.223 e. The molecule has 0 radical (unpaired) electrons. The van der Waals surface area contributed by atoms with E-state index in [0.29, 0.717) is 18.1 Å². The molecule has 5 nitrogen and oxygen atoms in total. The number of nitrogens with two attached hydrogens (primary N) is 1. The fourth-order valence-electron chi connectivity index (χ4n) is 2.30. The molecule has 3 N–H and O–H groups in total. The van der Waals surface area contributed by atoms with Crippen molar-refractivity contribution in [2.75, 3.05) is 17.7 Å². The lowest BCUT2D eigenvalue weighted by atomic mass is 10.0. The van der Waals surface area contributed by atoms with E-state index in [-0.39, 0.29) is 0 Å². The van der Waals surface area contributed by atoms with Crippen LogP contribution in [0.4, 0.5) is 11.8 Å². The summed E-state index contributed by atoms with van der Waals surface area (Å²) in [5, 5.41) is 6.54. The molecule has 0 aromatic carbocycles. The molecule has 2 aromatic rings. The van der Waals surface area contributed by atoms with Gasteiger partial charge in [-0.3, -0.25) is 0 Å². The van der Waals surface area contributed by atoms with Crippen molar-refractivity contribution in [3.63, 3.8) is 0 Å². The molecular formula is C12H16N4OS. The van der Waals surface area contributed by atoms with Gasteiger partial charge in [0.15, 0.2) is 0 Å². The van der Waals surface area contributed by atoms with Crippen molar-refractivity contribution in [1.82, 2.24) is 9.97 Å². The van der Waals surface area contributed by atoms with E-state index in [0.717, 1.165) is 35.5 Å². The summed E-state index contributed by atoms with van der Waals surface area (Å²) in [6, 6.07) is 2.43. The highest BCUT2D eigenvalue weighted by Gasteiger charge is 2.20. The van der Waals surface area contributed by atoms with Gasteiger partial charge >= 0.3 is 0 Å². The molecule has 96 valence electrons. The van der Waals surface area contributed by atoms with Gasteiger partial charge in [0.25, 0.3) is 0 Å². The summed E-state index contributed by atoms with van der Waals surface area (Å²) in [7, 11) is 0. The summed E-state index contributed by atoms with van der Waals surface area (Å²) in [6.07, 6.45) is 2.29. The van der Waals surface area contributed by atoms with E-state index in [9.17, 15) is 0 Å². The van der Waals surface area contributed by atoms with Crippen molar-refractivity contribution in [1.29, 1.82) is 0 Å². The van der Waals surface area contributed by atoms with Crippen LogP contribution in [0.25, 0.3) is 10.2 Å². The number of rotatable bonds is 2. The molecule has 2 atom stereocenters. The number of hydrogen-bond donors (Lipinski definition) is 2. The Morgan fingerprint density at radius 2 is 2.39 bits per heavy atom. The molecule has 3 rings (SSSR count). The summed E-state index contributed by atoms with van der Waals surface area (Å²) in [5.41, 5.74) is 5.74. The Morgan fingerprint density at radius 1 is 1.50 bits per heavy atom. The minimum atomic E-state index is 0.299. The van der Waals surface area contributed by atoms with Crippen LogP contribution < -0.4 is 11.1 Å². The van der Waals surface area contributed by atoms with E-state index in [4.69, 9.17) is 10.5 Å². The number of anilines is 2. The van der Waals surface area contributed by atoms with Gasteiger partial charge in [-0.05, 0) is 31.2 Å².